The lowest BCUT2D eigenvalue weighted by Crippen LogP contribution is -2.34. The van der Waals surface area contributed by atoms with E-state index < -0.39 is 5.25 Å². The molecule has 0 spiro atoms. The van der Waals surface area contributed by atoms with Crippen molar-refractivity contribution in [2.75, 3.05) is 6.54 Å². The van der Waals surface area contributed by atoms with Crippen LogP contribution in [0.5, 0.6) is 0 Å². The summed E-state index contributed by atoms with van der Waals surface area (Å²) in [6.07, 6.45) is 0. The molecule has 0 aliphatic rings. The molecule has 13 heavy (non-hydrogen) atoms. The number of halogens is 1. The third-order valence-electron chi connectivity index (χ3n) is 1.55. The second-order valence-corrected chi connectivity index (χ2v) is 3.26. The van der Waals surface area contributed by atoms with Crippen LogP contribution in [0.3, 0.4) is 0 Å². The minimum atomic E-state index is -1.75. The molecule has 0 aliphatic heterocycles. The van der Waals surface area contributed by atoms with Gasteiger partial charge in [-0.3, -0.25) is 0 Å². The van der Waals surface area contributed by atoms with Gasteiger partial charge in [-0.25, -0.2) is 0 Å². The predicted octanol–water partition coefficient (Wildman–Crippen LogP) is 1.05. The molecule has 72 valence electrons. The molecule has 1 rings (SSSR count). The first-order chi connectivity index (χ1) is 6.14. The van der Waals surface area contributed by atoms with Gasteiger partial charge in [0.1, 0.15) is 0 Å². The van der Waals surface area contributed by atoms with E-state index in [1.54, 1.807) is 0 Å². The third kappa shape index (κ3) is 3.74. The molecule has 0 aliphatic carbocycles. The second-order valence-electron chi connectivity index (χ2n) is 2.67. The van der Waals surface area contributed by atoms with Crippen LogP contribution < -0.4 is 5.73 Å². The maximum atomic E-state index is 9.20. The van der Waals surface area contributed by atoms with Crippen LogP contribution in [0.4, 0.5) is 0 Å². The van der Waals surface area contributed by atoms with Gasteiger partial charge in [-0.15, -0.1) is 0 Å². The molecule has 0 fully saturated rings. The van der Waals surface area contributed by atoms with Crippen LogP contribution in [0.15, 0.2) is 30.3 Å². The number of rotatable bonds is 4. The summed E-state index contributed by atoms with van der Waals surface area (Å²) in [6.45, 7) is 0.111. The summed E-state index contributed by atoms with van der Waals surface area (Å²) in [5.41, 5.74) is 6.10. The van der Waals surface area contributed by atoms with Gasteiger partial charge in [0.05, 0.1) is 13.2 Å². The fourth-order valence-electron chi connectivity index (χ4n) is 0.827. The van der Waals surface area contributed by atoms with Gasteiger partial charge >= 0.3 is 0 Å². The summed E-state index contributed by atoms with van der Waals surface area (Å²) in [7, 11) is 0. The summed E-state index contributed by atoms with van der Waals surface area (Å²) in [5.74, 6) is 0. The van der Waals surface area contributed by atoms with Gasteiger partial charge in [0.25, 0.3) is 5.25 Å². The average molecular weight is 202 g/mol. The van der Waals surface area contributed by atoms with Gasteiger partial charge in [0.15, 0.2) is 0 Å². The Bertz CT molecular complexity index is 251. The van der Waals surface area contributed by atoms with E-state index in [4.69, 9.17) is 22.1 Å². The van der Waals surface area contributed by atoms with E-state index in [9.17, 15) is 5.11 Å². The topological polar surface area (TPSA) is 55.5 Å². The number of benzene rings is 1. The summed E-state index contributed by atoms with van der Waals surface area (Å²) < 4.78 is 4.96. The van der Waals surface area contributed by atoms with Crippen LogP contribution >= 0.6 is 11.6 Å². The number of ether oxygens (including phenoxy) is 1. The monoisotopic (exact) mass is 201 g/mol. The smallest absolute Gasteiger partial charge is 0.258 e. The Morgan fingerprint density at radius 1 is 1.38 bits per heavy atom. The van der Waals surface area contributed by atoms with Crippen molar-refractivity contribution >= 4 is 11.6 Å². The first kappa shape index (κ1) is 10.5. The SMILES string of the molecule is NCC(O)(Cl)OCc1ccccc1. The fourth-order valence-corrected chi connectivity index (χ4v) is 0.882. The van der Waals surface area contributed by atoms with Crippen LogP contribution in [-0.2, 0) is 11.3 Å². The molecule has 0 amide bonds. The van der Waals surface area contributed by atoms with E-state index in [2.05, 4.69) is 0 Å². The molecule has 3 N–H and O–H groups in total. The highest BCUT2D eigenvalue weighted by Crippen LogP contribution is 2.13. The minimum absolute atomic E-state index is 0.138. The van der Waals surface area contributed by atoms with Crippen LogP contribution in [-0.4, -0.2) is 16.9 Å². The zero-order valence-electron chi connectivity index (χ0n) is 7.11. The Labute approximate surface area is 82.1 Å². The lowest BCUT2D eigenvalue weighted by atomic mass is 10.2. The lowest BCUT2D eigenvalue weighted by molar-refractivity contribution is -0.138. The number of nitrogens with two attached hydrogens (primary N) is 1. The molecule has 1 aromatic rings. The Kier molecular flexibility index (Phi) is 3.69. The molecule has 0 radical (unpaired) electrons. The van der Waals surface area contributed by atoms with E-state index in [0.717, 1.165) is 5.56 Å². The molecule has 0 saturated carbocycles. The maximum Gasteiger partial charge on any atom is 0.258 e. The maximum absolute atomic E-state index is 9.20. The van der Waals surface area contributed by atoms with Crippen molar-refractivity contribution in [2.45, 2.75) is 11.9 Å². The Morgan fingerprint density at radius 3 is 2.54 bits per heavy atom. The molecule has 0 bridgehead atoms. The van der Waals surface area contributed by atoms with E-state index in [1.165, 1.54) is 0 Å². The highest BCUT2D eigenvalue weighted by molar-refractivity contribution is 6.21. The van der Waals surface area contributed by atoms with Crippen molar-refractivity contribution in [2.24, 2.45) is 5.73 Å². The highest BCUT2D eigenvalue weighted by atomic mass is 35.5. The third-order valence-corrected chi connectivity index (χ3v) is 1.82. The van der Waals surface area contributed by atoms with Crippen molar-refractivity contribution in [3.8, 4) is 0 Å². The van der Waals surface area contributed by atoms with Crippen LogP contribution in [0.1, 0.15) is 5.56 Å². The lowest BCUT2D eigenvalue weighted by Gasteiger charge is -2.18. The largest absolute Gasteiger partial charge is 0.352 e. The first-order valence-corrected chi connectivity index (χ1v) is 4.31. The quantitative estimate of drug-likeness (QED) is 0.566. The molecular weight excluding hydrogens is 190 g/mol. The Balaban J connectivity index is 2.44. The number of aliphatic hydroxyl groups is 1. The first-order valence-electron chi connectivity index (χ1n) is 3.93. The van der Waals surface area contributed by atoms with Gasteiger partial charge in [-0.1, -0.05) is 41.9 Å². The number of hydrogen-bond acceptors (Lipinski definition) is 3. The molecule has 3 nitrogen and oxygen atoms in total. The molecule has 4 heteroatoms. The average Bonchev–Trinajstić information content (AvgIpc) is 2.17. The molecular formula is C9H12ClNO2. The summed E-state index contributed by atoms with van der Waals surface area (Å²) in [4.78, 5) is 0. The van der Waals surface area contributed by atoms with Crippen molar-refractivity contribution in [1.29, 1.82) is 0 Å². The van der Waals surface area contributed by atoms with Crippen molar-refractivity contribution < 1.29 is 9.84 Å². The number of hydrogen-bond donors (Lipinski definition) is 2. The van der Waals surface area contributed by atoms with Crippen molar-refractivity contribution in [3.63, 3.8) is 0 Å². The summed E-state index contributed by atoms with van der Waals surface area (Å²) in [6, 6.07) is 9.43. The van der Waals surface area contributed by atoms with Crippen LogP contribution in [0.25, 0.3) is 0 Å². The zero-order valence-corrected chi connectivity index (χ0v) is 7.87. The normalized spacial score (nSPS) is 15.3. The van der Waals surface area contributed by atoms with Gasteiger partial charge in [-0.2, -0.15) is 0 Å². The molecule has 1 aromatic carbocycles. The van der Waals surface area contributed by atoms with Crippen molar-refractivity contribution in [1.82, 2.24) is 0 Å². The standard InChI is InChI=1S/C9H12ClNO2/c10-9(12,7-11)13-6-8-4-2-1-3-5-8/h1-5,12H,6-7,11H2. The Hall–Kier alpha value is -0.610. The summed E-state index contributed by atoms with van der Waals surface area (Å²) >= 11 is 5.48. The highest BCUT2D eigenvalue weighted by Gasteiger charge is 2.21. The van der Waals surface area contributed by atoms with Crippen LogP contribution in [0.2, 0.25) is 0 Å². The molecule has 1 unspecified atom stereocenters. The van der Waals surface area contributed by atoms with Gasteiger partial charge in [0.2, 0.25) is 0 Å². The van der Waals surface area contributed by atoms with Gasteiger partial charge < -0.3 is 15.6 Å². The van der Waals surface area contributed by atoms with E-state index in [-0.39, 0.29) is 13.2 Å². The molecule has 0 heterocycles. The number of alkyl halides is 1. The van der Waals surface area contributed by atoms with E-state index >= 15 is 0 Å². The van der Waals surface area contributed by atoms with E-state index in [1.807, 2.05) is 30.3 Å². The predicted molar refractivity (Wildman–Crippen MR) is 51.1 cm³/mol. The Morgan fingerprint density at radius 2 is 2.00 bits per heavy atom. The van der Waals surface area contributed by atoms with Crippen molar-refractivity contribution in [3.05, 3.63) is 35.9 Å². The molecule has 0 aromatic heterocycles. The van der Waals surface area contributed by atoms with E-state index in [0.29, 0.717) is 0 Å². The second kappa shape index (κ2) is 4.58. The fraction of sp³-hybridized carbons (Fsp3) is 0.333. The zero-order chi connectivity index (χ0) is 9.73. The van der Waals surface area contributed by atoms with Gasteiger partial charge in [0, 0.05) is 0 Å². The summed E-state index contributed by atoms with van der Waals surface area (Å²) in [5, 5.41) is 7.45. The van der Waals surface area contributed by atoms with Crippen LogP contribution in [0, 0.1) is 0 Å². The molecule has 0 saturated heterocycles. The minimum Gasteiger partial charge on any atom is -0.352 e. The van der Waals surface area contributed by atoms with Gasteiger partial charge in [-0.05, 0) is 5.56 Å². The molecule has 1 atom stereocenters.